The zero-order chi connectivity index (χ0) is 24.1. The minimum absolute atomic E-state index is 0.127. The van der Waals surface area contributed by atoms with Crippen LogP contribution in [0.3, 0.4) is 0 Å². The van der Waals surface area contributed by atoms with E-state index >= 15 is 0 Å². The van der Waals surface area contributed by atoms with Gasteiger partial charge in [-0.2, -0.15) is 0 Å². The first-order chi connectivity index (χ1) is 15.9. The topological polar surface area (TPSA) is 75.7 Å². The van der Waals surface area contributed by atoms with Gasteiger partial charge in [0.05, 0.1) is 22.8 Å². The van der Waals surface area contributed by atoms with E-state index in [1.54, 1.807) is 6.07 Å². The van der Waals surface area contributed by atoms with Gasteiger partial charge in [0.1, 0.15) is 5.70 Å². The van der Waals surface area contributed by atoms with Crippen LogP contribution in [-0.2, 0) is 14.3 Å². The summed E-state index contributed by atoms with van der Waals surface area (Å²) in [5.74, 6) is -1.36. The van der Waals surface area contributed by atoms with Crippen molar-refractivity contribution in [1.82, 2.24) is 5.32 Å². The molecule has 0 saturated carbocycles. The molecule has 0 saturated heterocycles. The van der Waals surface area contributed by atoms with Crippen molar-refractivity contribution in [2.75, 3.05) is 12.0 Å². The van der Waals surface area contributed by atoms with Crippen LogP contribution in [0.1, 0.15) is 13.8 Å². The van der Waals surface area contributed by atoms with Gasteiger partial charge in [-0.1, -0.05) is 85.2 Å². The second-order valence-corrected chi connectivity index (χ2v) is 8.36. The molecule has 170 valence electrons. The number of rotatable bonds is 4. The first kappa shape index (κ1) is 24.6. The number of hydrogen-bond acceptors (Lipinski definition) is 5. The Morgan fingerprint density at radius 2 is 1.67 bits per heavy atom. The summed E-state index contributed by atoms with van der Waals surface area (Å²) in [5, 5.41) is 4.85. The summed E-state index contributed by atoms with van der Waals surface area (Å²) < 4.78 is 4.48. The molecule has 4 rings (SSSR count). The van der Waals surface area contributed by atoms with Crippen molar-refractivity contribution in [1.29, 1.82) is 0 Å². The van der Waals surface area contributed by atoms with Crippen molar-refractivity contribution in [3.05, 3.63) is 76.4 Å². The standard InChI is InChI=1S/C22H14Cl2N2O4S.C2H6/c1-30-22(29)25-16-10-20(27)26(21(16)28)17-11-19(15(24)9-14(17)23)31-18-8-4-6-12-5-2-3-7-13(12)18;1-2/h2-11H,1H3,(H,25,29);1-2H3. The highest BCUT2D eigenvalue weighted by Crippen LogP contribution is 2.42. The van der Waals surface area contributed by atoms with Crippen LogP contribution in [0.4, 0.5) is 10.5 Å². The van der Waals surface area contributed by atoms with Crippen LogP contribution in [0.5, 0.6) is 0 Å². The molecule has 1 N–H and O–H groups in total. The SMILES string of the molecule is CC.COC(=O)NC1=CC(=O)N(c2cc(Sc3cccc4ccccc34)c(Cl)cc2Cl)C1=O. The Morgan fingerprint density at radius 1 is 0.970 bits per heavy atom. The molecule has 0 unspecified atom stereocenters. The number of hydrogen-bond donors (Lipinski definition) is 1. The average molecular weight is 503 g/mol. The molecule has 0 atom stereocenters. The number of halogens is 2. The van der Waals surface area contributed by atoms with Gasteiger partial charge in [0.25, 0.3) is 11.8 Å². The first-order valence-corrected chi connectivity index (χ1v) is 11.6. The van der Waals surface area contributed by atoms with E-state index in [-0.39, 0.29) is 16.4 Å². The molecule has 0 aromatic heterocycles. The lowest BCUT2D eigenvalue weighted by atomic mass is 10.1. The van der Waals surface area contributed by atoms with Gasteiger partial charge in [-0.15, -0.1) is 0 Å². The van der Waals surface area contributed by atoms with Gasteiger partial charge >= 0.3 is 6.09 Å². The average Bonchev–Trinajstić information content (AvgIpc) is 3.09. The Morgan fingerprint density at radius 3 is 2.39 bits per heavy atom. The molecule has 3 aromatic carbocycles. The number of carbonyl (C=O) groups is 3. The van der Waals surface area contributed by atoms with Crippen molar-refractivity contribution in [3.63, 3.8) is 0 Å². The number of ether oxygens (including phenoxy) is 1. The number of carbonyl (C=O) groups excluding carboxylic acids is 3. The molecular formula is C24H20Cl2N2O4S. The number of nitrogens with zero attached hydrogens (tertiary/aromatic N) is 1. The number of anilines is 1. The fraction of sp³-hybridized carbons (Fsp3) is 0.125. The quantitative estimate of drug-likeness (QED) is 0.415. The number of benzene rings is 3. The summed E-state index contributed by atoms with van der Waals surface area (Å²) >= 11 is 14.1. The van der Waals surface area contributed by atoms with Crippen molar-refractivity contribution in [3.8, 4) is 0 Å². The summed E-state index contributed by atoms with van der Waals surface area (Å²) in [5.41, 5.74) is -0.0344. The molecule has 1 aliphatic heterocycles. The molecule has 0 fully saturated rings. The number of fused-ring (bicyclic) bond motifs is 1. The van der Waals surface area contributed by atoms with Crippen molar-refractivity contribution < 1.29 is 19.1 Å². The summed E-state index contributed by atoms with van der Waals surface area (Å²) in [6.07, 6.45) is 0.158. The monoisotopic (exact) mass is 502 g/mol. The molecule has 3 amide bonds. The van der Waals surface area contributed by atoms with Gasteiger partial charge in [-0.25, -0.2) is 9.69 Å². The van der Waals surface area contributed by atoms with E-state index in [4.69, 9.17) is 23.2 Å². The maximum atomic E-state index is 12.7. The highest BCUT2D eigenvalue weighted by atomic mass is 35.5. The number of amides is 3. The smallest absolute Gasteiger partial charge is 0.411 e. The molecule has 0 bridgehead atoms. The molecule has 1 aliphatic rings. The van der Waals surface area contributed by atoms with Crippen LogP contribution in [0.2, 0.25) is 10.0 Å². The molecule has 1 heterocycles. The molecular weight excluding hydrogens is 483 g/mol. The third-order valence-corrected chi connectivity index (χ3v) is 6.42. The van der Waals surface area contributed by atoms with Crippen LogP contribution in [0, 0.1) is 0 Å². The van der Waals surface area contributed by atoms with Crippen LogP contribution >= 0.6 is 35.0 Å². The second kappa shape index (κ2) is 10.7. The third-order valence-electron chi connectivity index (χ3n) is 4.56. The Kier molecular flexibility index (Phi) is 8.02. The van der Waals surface area contributed by atoms with Gasteiger partial charge in [-0.3, -0.25) is 14.9 Å². The number of methoxy groups -OCH3 is 1. The number of imide groups is 1. The highest BCUT2D eigenvalue weighted by Gasteiger charge is 2.35. The molecule has 6 nitrogen and oxygen atoms in total. The highest BCUT2D eigenvalue weighted by molar-refractivity contribution is 7.99. The van der Waals surface area contributed by atoms with E-state index in [1.165, 1.54) is 17.8 Å². The van der Waals surface area contributed by atoms with Gasteiger partial charge in [-0.05, 0) is 29.0 Å². The minimum atomic E-state index is -0.858. The van der Waals surface area contributed by atoms with E-state index in [0.29, 0.717) is 9.92 Å². The van der Waals surface area contributed by atoms with Crippen LogP contribution in [0.25, 0.3) is 10.8 Å². The number of alkyl carbamates (subject to hydrolysis) is 1. The largest absolute Gasteiger partial charge is 0.453 e. The second-order valence-electron chi connectivity index (χ2n) is 6.47. The summed E-state index contributed by atoms with van der Waals surface area (Å²) in [6, 6.07) is 16.9. The normalized spacial score (nSPS) is 12.9. The first-order valence-electron chi connectivity index (χ1n) is 9.99. The minimum Gasteiger partial charge on any atom is -0.453 e. The molecule has 0 aliphatic carbocycles. The Hall–Kier alpha value is -3.00. The lowest BCUT2D eigenvalue weighted by molar-refractivity contribution is -0.120. The van der Waals surface area contributed by atoms with Gasteiger partial charge in [0.15, 0.2) is 0 Å². The summed E-state index contributed by atoms with van der Waals surface area (Å²) in [6.45, 7) is 4.00. The predicted octanol–water partition coefficient (Wildman–Crippen LogP) is 6.44. The van der Waals surface area contributed by atoms with Gasteiger partial charge in [0.2, 0.25) is 0 Å². The predicted molar refractivity (Wildman–Crippen MR) is 132 cm³/mol. The Balaban J connectivity index is 0.00000149. The third kappa shape index (κ3) is 5.16. The lowest BCUT2D eigenvalue weighted by Gasteiger charge is -2.18. The van der Waals surface area contributed by atoms with Crippen molar-refractivity contribution >= 4 is 69.3 Å². The van der Waals surface area contributed by atoms with Crippen LogP contribution in [0.15, 0.2) is 76.2 Å². The Bertz CT molecular complexity index is 1270. The van der Waals surface area contributed by atoms with Gasteiger partial charge < -0.3 is 4.74 Å². The zero-order valence-electron chi connectivity index (χ0n) is 18.0. The van der Waals surface area contributed by atoms with Crippen molar-refractivity contribution in [2.45, 2.75) is 23.6 Å². The fourth-order valence-corrected chi connectivity index (χ4v) is 4.71. The molecule has 0 radical (unpaired) electrons. The van der Waals surface area contributed by atoms with E-state index in [9.17, 15) is 14.4 Å². The summed E-state index contributed by atoms with van der Waals surface area (Å²) in [7, 11) is 1.15. The van der Waals surface area contributed by atoms with Crippen LogP contribution in [-0.4, -0.2) is 25.0 Å². The van der Waals surface area contributed by atoms with E-state index < -0.39 is 17.9 Å². The maximum Gasteiger partial charge on any atom is 0.411 e. The molecule has 0 spiro atoms. The van der Waals surface area contributed by atoms with Crippen LogP contribution < -0.4 is 10.2 Å². The summed E-state index contributed by atoms with van der Waals surface area (Å²) in [4.78, 5) is 39.1. The zero-order valence-corrected chi connectivity index (χ0v) is 20.3. The fourth-order valence-electron chi connectivity index (χ4n) is 3.12. The van der Waals surface area contributed by atoms with Crippen molar-refractivity contribution in [2.24, 2.45) is 0 Å². The lowest BCUT2D eigenvalue weighted by Crippen LogP contribution is -2.35. The maximum absolute atomic E-state index is 12.7. The van der Waals surface area contributed by atoms with Gasteiger partial charge in [0, 0.05) is 15.9 Å². The molecule has 3 aromatic rings. The van der Waals surface area contributed by atoms with E-state index in [0.717, 1.165) is 33.8 Å². The molecule has 9 heteroatoms. The number of nitrogens with one attached hydrogen (secondary N) is 1. The van der Waals surface area contributed by atoms with E-state index in [2.05, 4.69) is 10.1 Å². The molecule has 33 heavy (non-hydrogen) atoms. The Labute approximate surface area is 205 Å². The van der Waals surface area contributed by atoms with E-state index in [1.807, 2.05) is 56.3 Å².